The molecule has 0 aromatic heterocycles. The summed E-state index contributed by atoms with van der Waals surface area (Å²) < 4.78 is 0. The van der Waals surface area contributed by atoms with Gasteiger partial charge in [0.1, 0.15) is 0 Å². The molecular formula is C14H21NO. The predicted octanol–water partition coefficient (Wildman–Crippen LogP) is 2.28. The number of fused-ring (bicyclic) bond motifs is 1. The molecule has 3 unspecified atom stereocenters. The lowest BCUT2D eigenvalue weighted by Crippen LogP contribution is -2.38. The van der Waals surface area contributed by atoms with Gasteiger partial charge in [-0.3, -0.25) is 0 Å². The molecule has 3 atom stereocenters. The first-order chi connectivity index (χ1) is 7.59. The predicted molar refractivity (Wildman–Crippen MR) is 66.3 cm³/mol. The van der Waals surface area contributed by atoms with Crippen LogP contribution in [0, 0.1) is 5.92 Å². The van der Waals surface area contributed by atoms with Crippen LogP contribution >= 0.6 is 0 Å². The fraction of sp³-hybridized carbons (Fsp3) is 0.571. The molecule has 0 spiro atoms. The fourth-order valence-corrected chi connectivity index (χ4v) is 2.25. The molecule has 0 saturated heterocycles. The van der Waals surface area contributed by atoms with E-state index in [2.05, 4.69) is 38.2 Å². The van der Waals surface area contributed by atoms with Crippen molar-refractivity contribution in [3.8, 4) is 0 Å². The third-order valence-electron chi connectivity index (χ3n) is 3.65. The zero-order chi connectivity index (χ0) is 11.7. The minimum absolute atomic E-state index is 0.105. The lowest BCUT2D eigenvalue weighted by Gasteiger charge is -2.25. The molecule has 2 N–H and O–H groups in total. The summed E-state index contributed by atoms with van der Waals surface area (Å²) >= 11 is 0. The Morgan fingerprint density at radius 3 is 2.62 bits per heavy atom. The van der Waals surface area contributed by atoms with Crippen molar-refractivity contribution in [3.63, 3.8) is 0 Å². The van der Waals surface area contributed by atoms with E-state index in [9.17, 15) is 5.11 Å². The first-order valence-electron chi connectivity index (χ1n) is 6.11. The van der Waals surface area contributed by atoms with E-state index in [1.54, 1.807) is 0 Å². The number of hydrogen-bond donors (Lipinski definition) is 2. The topological polar surface area (TPSA) is 32.3 Å². The van der Waals surface area contributed by atoms with Gasteiger partial charge in [0, 0.05) is 12.5 Å². The van der Waals surface area contributed by atoms with Crippen molar-refractivity contribution in [3.05, 3.63) is 35.4 Å². The van der Waals surface area contributed by atoms with Gasteiger partial charge < -0.3 is 10.4 Å². The van der Waals surface area contributed by atoms with Gasteiger partial charge in [-0.05, 0) is 24.0 Å². The van der Waals surface area contributed by atoms with Crippen LogP contribution < -0.4 is 5.32 Å². The number of aliphatic hydroxyl groups excluding tert-OH is 1. The molecule has 1 aromatic carbocycles. The molecule has 2 heteroatoms. The van der Waals surface area contributed by atoms with Gasteiger partial charge in [-0.15, -0.1) is 0 Å². The van der Waals surface area contributed by atoms with Crippen LogP contribution in [-0.4, -0.2) is 17.3 Å². The summed E-state index contributed by atoms with van der Waals surface area (Å²) in [6.07, 6.45) is 0.497. The Bertz CT molecular complexity index is 362. The van der Waals surface area contributed by atoms with Gasteiger partial charge in [0.05, 0.1) is 12.1 Å². The Morgan fingerprint density at radius 1 is 1.25 bits per heavy atom. The molecule has 16 heavy (non-hydrogen) atoms. The third kappa shape index (κ3) is 2.13. The van der Waals surface area contributed by atoms with Crippen LogP contribution in [0.5, 0.6) is 0 Å². The van der Waals surface area contributed by atoms with Crippen LogP contribution in [0.15, 0.2) is 24.3 Å². The minimum atomic E-state index is -0.279. The van der Waals surface area contributed by atoms with Crippen LogP contribution in [0.25, 0.3) is 0 Å². The Hall–Kier alpha value is -0.860. The quantitative estimate of drug-likeness (QED) is 0.817. The molecule has 0 aliphatic heterocycles. The monoisotopic (exact) mass is 219 g/mol. The van der Waals surface area contributed by atoms with Crippen LogP contribution in [-0.2, 0) is 6.42 Å². The zero-order valence-corrected chi connectivity index (χ0v) is 10.3. The number of benzene rings is 1. The second-order valence-corrected chi connectivity index (χ2v) is 5.15. The van der Waals surface area contributed by atoms with Crippen molar-refractivity contribution in [2.45, 2.75) is 45.4 Å². The number of hydrogen-bond acceptors (Lipinski definition) is 2. The Morgan fingerprint density at radius 2 is 1.94 bits per heavy atom. The number of nitrogens with one attached hydrogen (secondary N) is 1. The van der Waals surface area contributed by atoms with Crippen molar-refractivity contribution in [1.29, 1.82) is 0 Å². The first-order valence-corrected chi connectivity index (χ1v) is 6.11. The van der Waals surface area contributed by atoms with E-state index in [0.717, 1.165) is 6.42 Å². The molecule has 0 amide bonds. The largest absolute Gasteiger partial charge is 0.391 e. The Labute approximate surface area is 97.7 Å². The lowest BCUT2D eigenvalue weighted by atomic mass is 10.0. The van der Waals surface area contributed by atoms with E-state index < -0.39 is 0 Å². The lowest BCUT2D eigenvalue weighted by molar-refractivity contribution is 0.131. The summed E-state index contributed by atoms with van der Waals surface area (Å²) in [5, 5.41) is 13.6. The van der Waals surface area contributed by atoms with Gasteiger partial charge >= 0.3 is 0 Å². The molecule has 2 nitrogen and oxygen atoms in total. The standard InChI is InChI=1S/C14H21NO/c1-9(2)10(3)15-14-12-7-5-4-6-11(12)8-13(14)16/h4-7,9-10,13-16H,8H2,1-3H3. The minimum Gasteiger partial charge on any atom is -0.391 e. The molecule has 0 radical (unpaired) electrons. The van der Waals surface area contributed by atoms with Crippen molar-refractivity contribution in [2.24, 2.45) is 5.92 Å². The van der Waals surface area contributed by atoms with Gasteiger partial charge in [-0.1, -0.05) is 38.1 Å². The average molecular weight is 219 g/mol. The molecule has 2 rings (SSSR count). The summed E-state index contributed by atoms with van der Waals surface area (Å²) in [7, 11) is 0. The van der Waals surface area contributed by atoms with Gasteiger partial charge in [-0.2, -0.15) is 0 Å². The third-order valence-corrected chi connectivity index (χ3v) is 3.65. The van der Waals surface area contributed by atoms with E-state index in [1.165, 1.54) is 11.1 Å². The molecule has 0 heterocycles. The van der Waals surface area contributed by atoms with E-state index >= 15 is 0 Å². The van der Waals surface area contributed by atoms with E-state index in [-0.39, 0.29) is 12.1 Å². The van der Waals surface area contributed by atoms with Crippen LogP contribution in [0.4, 0.5) is 0 Å². The second kappa shape index (κ2) is 4.56. The molecule has 0 saturated carbocycles. The highest BCUT2D eigenvalue weighted by atomic mass is 16.3. The van der Waals surface area contributed by atoms with Gasteiger partial charge in [0.2, 0.25) is 0 Å². The van der Waals surface area contributed by atoms with Crippen molar-refractivity contribution in [1.82, 2.24) is 5.32 Å². The average Bonchev–Trinajstić information content (AvgIpc) is 2.55. The van der Waals surface area contributed by atoms with Crippen LogP contribution in [0.3, 0.4) is 0 Å². The van der Waals surface area contributed by atoms with E-state index in [4.69, 9.17) is 0 Å². The Kier molecular flexibility index (Phi) is 3.31. The molecule has 0 fully saturated rings. The van der Waals surface area contributed by atoms with Gasteiger partial charge in [-0.25, -0.2) is 0 Å². The van der Waals surface area contributed by atoms with Crippen molar-refractivity contribution < 1.29 is 5.11 Å². The molecule has 1 aromatic rings. The highest BCUT2D eigenvalue weighted by molar-refractivity contribution is 5.36. The fourth-order valence-electron chi connectivity index (χ4n) is 2.25. The van der Waals surface area contributed by atoms with Crippen molar-refractivity contribution >= 4 is 0 Å². The van der Waals surface area contributed by atoms with E-state index in [0.29, 0.717) is 12.0 Å². The first kappa shape index (κ1) is 11.6. The maximum atomic E-state index is 10.1. The highest BCUT2D eigenvalue weighted by Crippen LogP contribution is 2.31. The second-order valence-electron chi connectivity index (χ2n) is 5.15. The summed E-state index contributed by atoms with van der Waals surface area (Å²) in [5.41, 5.74) is 2.55. The molecule has 0 bridgehead atoms. The summed E-state index contributed by atoms with van der Waals surface area (Å²) in [5.74, 6) is 0.583. The number of aliphatic hydroxyl groups is 1. The Balaban J connectivity index is 2.16. The van der Waals surface area contributed by atoms with Crippen LogP contribution in [0.2, 0.25) is 0 Å². The SMILES string of the molecule is CC(C)C(C)NC1c2ccccc2CC1O. The maximum absolute atomic E-state index is 10.1. The van der Waals surface area contributed by atoms with E-state index in [1.807, 2.05) is 12.1 Å². The zero-order valence-electron chi connectivity index (χ0n) is 10.3. The van der Waals surface area contributed by atoms with Crippen molar-refractivity contribution in [2.75, 3.05) is 0 Å². The molecule has 88 valence electrons. The number of rotatable bonds is 3. The van der Waals surface area contributed by atoms with Gasteiger partial charge in [0.15, 0.2) is 0 Å². The highest BCUT2D eigenvalue weighted by Gasteiger charge is 2.31. The smallest absolute Gasteiger partial charge is 0.0775 e. The molecule has 1 aliphatic carbocycles. The summed E-state index contributed by atoms with van der Waals surface area (Å²) in [6, 6.07) is 8.85. The maximum Gasteiger partial charge on any atom is 0.0775 e. The normalized spacial score (nSPS) is 25.8. The summed E-state index contributed by atoms with van der Waals surface area (Å²) in [4.78, 5) is 0. The molecular weight excluding hydrogens is 198 g/mol. The summed E-state index contributed by atoms with van der Waals surface area (Å²) in [6.45, 7) is 6.58. The van der Waals surface area contributed by atoms with Gasteiger partial charge in [0.25, 0.3) is 0 Å². The van der Waals surface area contributed by atoms with Crippen LogP contribution in [0.1, 0.15) is 37.9 Å². The molecule has 1 aliphatic rings.